The van der Waals surface area contributed by atoms with E-state index >= 15 is 0 Å². The van der Waals surface area contributed by atoms with Crippen LogP contribution in [0.5, 0.6) is 0 Å². The zero-order valence-corrected chi connectivity index (χ0v) is 9.69. The minimum Gasteiger partial charge on any atom is -0.327 e. The fourth-order valence-electron chi connectivity index (χ4n) is 2.28. The molecule has 0 saturated carbocycles. The molecule has 2 rings (SSSR count). The maximum Gasteiger partial charge on any atom is 0.123 e. The molecular formula is C13H16FN3. The molecule has 1 unspecified atom stereocenters. The number of hydrogen-bond acceptors (Lipinski definition) is 3. The Morgan fingerprint density at radius 3 is 3.06 bits per heavy atom. The lowest BCUT2D eigenvalue weighted by atomic mass is 10.0. The van der Waals surface area contributed by atoms with Crippen molar-refractivity contribution in [1.29, 1.82) is 5.26 Å². The normalized spacial score (nSPS) is 21.1. The molecular weight excluding hydrogens is 217 g/mol. The molecule has 0 spiro atoms. The third-order valence-electron chi connectivity index (χ3n) is 3.12. The van der Waals surface area contributed by atoms with E-state index in [4.69, 9.17) is 11.0 Å². The first-order valence-electron chi connectivity index (χ1n) is 5.85. The predicted octanol–water partition coefficient (Wildman–Crippen LogP) is 1.62. The molecule has 1 aliphatic heterocycles. The number of rotatable bonds is 2. The molecule has 1 aromatic rings. The van der Waals surface area contributed by atoms with Crippen LogP contribution in [0.2, 0.25) is 0 Å². The van der Waals surface area contributed by atoms with Crippen molar-refractivity contribution in [2.75, 3.05) is 13.1 Å². The first kappa shape index (κ1) is 12.0. The Balaban J connectivity index is 2.12. The molecule has 4 heteroatoms. The number of halogens is 1. The number of benzene rings is 1. The third kappa shape index (κ3) is 3.02. The van der Waals surface area contributed by atoms with Gasteiger partial charge in [-0.05, 0) is 43.1 Å². The van der Waals surface area contributed by atoms with E-state index in [1.165, 1.54) is 18.2 Å². The van der Waals surface area contributed by atoms with E-state index in [0.717, 1.165) is 31.5 Å². The maximum atomic E-state index is 13.2. The number of piperidine rings is 1. The average molecular weight is 233 g/mol. The van der Waals surface area contributed by atoms with Crippen molar-refractivity contribution in [3.05, 3.63) is 35.1 Å². The van der Waals surface area contributed by atoms with Crippen LogP contribution in [0.1, 0.15) is 24.0 Å². The molecule has 0 radical (unpaired) electrons. The summed E-state index contributed by atoms with van der Waals surface area (Å²) >= 11 is 0. The molecule has 1 saturated heterocycles. The molecule has 1 aliphatic rings. The van der Waals surface area contributed by atoms with E-state index in [1.807, 2.05) is 0 Å². The number of hydrogen-bond donors (Lipinski definition) is 1. The zero-order valence-electron chi connectivity index (χ0n) is 9.69. The van der Waals surface area contributed by atoms with Crippen LogP contribution in [0.4, 0.5) is 4.39 Å². The van der Waals surface area contributed by atoms with Gasteiger partial charge in [0.05, 0.1) is 11.6 Å². The summed E-state index contributed by atoms with van der Waals surface area (Å²) in [5, 5.41) is 8.98. The molecule has 0 aliphatic carbocycles. The van der Waals surface area contributed by atoms with Crippen molar-refractivity contribution in [3.63, 3.8) is 0 Å². The average Bonchev–Trinajstić information content (AvgIpc) is 2.29. The summed E-state index contributed by atoms with van der Waals surface area (Å²) in [6.07, 6.45) is 2.11. The molecule has 0 aromatic heterocycles. The Labute approximate surface area is 101 Å². The number of nitrogens with zero attached hydrogens (tertiary/aromatic N) is 2. The van der Waals surface area contributed by atoms with Gasteiger partial charge in [0.1, 0.15) is 5.82 Å². The molecule has 1 fully saturated rings. The van der Waals surface area contributed by atoms with E-state index in [2.05, 4.69) is 11.0 Å². The molecule has 17 heavy (non-hydrogen) atoms. The van der Waals surface area contributed by atoms with Gasteiger partial charge in [0.25, 0.3) is 0 Å². The lowest BCUT2D eigenvalue weighted by Crippen LogP contribution is -2.42. The summed E-state index contributed by atoms with van der Waals surface area (Å²) in [5.41, 5.74) is 7.20. The highest BCUT2D eigenvalue weighted by Gasteiger charge is 2.17. The summed E-state index contributed by atoms with van der Waals surface area (Å²) in [6, 6.07) is 6.60. The van der Waals surface area contributed by atoms with Gasteiger partial charge in [0.15, 0.2) is 0 Å². The second-order valence-electron chi connectivity index (χ2n) is 4.55. The first-order valence-corrected chi connectivity index (χ1v) is 5.85. The summed E-state index contributed by atoms with van der Waals surface area (Å²) in [6.45, 7) is 2.39. The van der Waals surface area contributed by atoms with Crippen molar-refractivity contribution in [1.82, 2.24) is 4.90 Å². The van der Waals surface area contributed by atoms with Gasteiger partial charge in [-0.1, -0.05) is 0 Å². The molecule has 2 N–H and O–H groups in total. The Morgan fingerprint density at radius 2 is 2.35 bits per heavy atom. The second-order valence-corrected chi connectivity index (χ2v) is 4.55. The topological polar surface area (TPSA) is 53.0 Å². The van der Waals surface area contributed by atoms with Crippen molar-refractivity contribution in [2.45, 2.75) is 25.4 Å². The summed E-state index contributed by atoms with van der Waals surface area (Å²) in [4.78, 5) is 2.18. The van der Waals surface area contributed by atoms with Crippen LogP contribution in [-0.4, -0.2) is 24.0 Å². The second kappa shape index (κ2) is 5.26. The van der Waals surface area contributed by atoms with Gasteiger partial charge in [0, 0.05) is 19.1 Å². The highest BCUT2D eigenvalue weighted by Crippen LogP contribution is 2.16. The van der Waals surface area contributed by atoms with Crippen molar-refractivity contribution in [2.24, 2.45) is 5.73 Å². The van der Waals surface area contributed by atoms with Crippen LogP contribution in [0, 0.1) is 17.1 Å². The zero-order chi connectivity index (χ0) is 12.3. The molecule has 0 amide bonds. The van der Waals surface area contributed by atoms with Gasteiger partial charge < -0.3 is 5.73 Å². The molecule has 1 atom stereocenters. The smallest absolute Gasteiger partial charge is 0.123 e. The van der Waals surface area contributed by atoms with Gasteiger partial charge >= 0.3 is 0 Å². The highest BCUT2D eigenvalue weighted by molar-refractivity contribution is 5.37. The fourth-order valence-corrected chi connectivity index (χ4v) is 2.28. The Hall–Kier alpha value is -1.44. The van der Waals surface area contributed by atoms with Crippen LogP contribution in [-0.2, 0) is 6.54 Å². The highest BCUT2D eigenvalue weighted by atomic mass is 19.1. The van der Waals surface area contributed by atoms with Crippen molar-refractivity contribution < 1.29 is 4.39 Å². The SMILES string of the molecule is N#Cc1ccc(F)cc1CN1CCCC(N)C1. The lowest BCUT2D eigenvalue weighted by molar-refractivity contribution is 0.201. The van der Waals surface area contributed by atoms with Crippen molar-refractivity contribution in [3.8, 4) is 6.07 Å². The van der Waals surface area contributed by atoms with Gasteiger partial charge in [-0.2, -0.15) is 5.26 Å². The molecule has 1 heterocycles. The minimum atomic E-state index is -0.291. The number of nitrogens with two attached hydrogens (primary N) is 1. The van der Waals surface area contributed by atoms with E-state index in [0.29, 0.717) is 12.1 Å². The molecule has 3 nitrogen and oxygen atoms in total. The van der Waals surface area contributed by atoms with Crippen LogP contribution in [0.3, 0.4) is 0 Å². The fraction of sp³-hybridized carbons (Fsp3) is 0.462. The molecule has 1 aromatic carbocycles. The van der Waals surface area contributed by atoms with Crippen LogP contribution < -0.4 is 5.73 Å². The monoisotopic (exact) mass is 233 g/mol. The summed E-state index contributed by atoms with van der Waals surface area (Å²) < 4.78 is 13.2. The van der Waals surface area contributed by atoms with Gasteiger partial charge in [-0.15, -0.1) is 0 Å². The van der Waals surface area contributed by atoms with Gasteiger partial charge in [-0.3, -0.25) is 4.90 Å². The lowest BCUT2D eigenvalue weighted by Gasteiger charge is -2.30. The van der Waals surface area contributed by atoms with Crippen LogP contribution >= 0.6 is 0 Å². The Kier molecular flexibility index (Phi) is 3.72. The standard InChI is InChI=1S/C13H16FN3/c14-12-4-3-10(7-15)11(6-12)8-17-5-1-2-13(16)9-17/h3-4,6,13H,1-2,5,8-9,16H2. The quantitative estimate of drug-likeness (QED) is 0.844. The maximum absolute atomic E-state index is 13.2. The van der Waals surface area contributed by atoms with Gasteiger partial charge in [-0.25, -0.2) is 4.39 Å². The Morgan fingerprint density at radius 1 is 1.53 bits per heavy atom. The Bertz CT molecular complexity index is 439. The molecule has 90 valence electrons. The van der Waals surface area contributed by atoms with Gasteiger partial charge in [0.2, 0.25) is 0 Å². The summed E-state index contributed by atoms with van der Waals surface area (Å²) in [7, 11) is 0. The minimum absolute atomic E-state index is 0.197. The van der Waals surface area contributed by atoms with E-state index < -0.39 is 0 Å². The molecule has 0 bridgehead atoms. The largest absolute Gasteiger partial charge is 0.327 e. The predicted molar refractivity (Wildman–Crippen MR) is 63.6 cm³/mol. The number of likely N-dealkylation sites (tertiary alicyclic amines) is 1. The van der Waals surface area contributed by atoms with E-state index in [9.17, 15) is 4.39 Å². The number of nitriles is 1. The first-order chi connectivity index (χ1) is 8.19. The van der Waals surface area contributed by atoms with E-state index in [-0.39, 0.29) is 11.9 Å². The van der Waals surface area contributed by atoms with Crippen molar-refractivity contribution >= 4 is 0 Å². The van der Waals surface area contributed by atoms with Crippen LogP contribution in [0.25, 0.3) is 0 Å². The summed E-state index contributed by atoms with van der Waals surface area (Å²) in [5.74, 6) is -0.291. The van der Waals surface area contributed by atoms with E-state index in [1.54, 1.807) is 0 Å². The third-order valence-corrected chi connectivity index (χ3v) is 3.12. The van der Waals surface area contributed by atoms with Crippen LogP contribution in [0.15, 0.2) is 18.2 Å².